The van der Waals surface area contributed by atoms with Crippen molar-refractivity contribution < 1.29 is 18.3 Å². The molecule has 1 fully saturated rings. The molecule has 0 amide bonds. The molecule has 2 atom stereocenters. The van der Waals surface area contributed by atoms with Crippen LogP contribution in [0.4, 0.5) is 13.2 Å². The summed E-state index contributed by atoms with van der Waals surface area (Å²) in [5.74, 6) is 0.238. The molecule has 0 aliphatic carbocycles. The molecule has 31 heavy (non-hydrogen) atoms. The molecule has 7 nitrogen and oxygen atoms in total. The van der Waals surface area contributed by atoms with Gasteiger partial charge in [-0.15, -0.1) is 0 Å². The van der Waals surface area contributed by atoms with Gasteiger partial charge >= 0.3 is 6.18 Å². The Bertz CT molecular complexity index is 982. The van der Waals surface area contributed by atoms with Crippen LogP contribution in [0.1, 0.15) is 25.5 Å². The third-order valence-corrected chi connectivity index (χ3v) is 5.39. The molecule has 2 aromatic rings. The van der Waals surface area contributed by atoms with E-state index in [1.807, 2.05) is 23.1 Å². The van der Waals surface area contributed by atoms with Gasteiger partial charge < -0.3 is 10.0 Å². The van der Waals surface area contributed by atoms with E-state index >= 15 is 0 Å². The van der Waals surface area contributed by atoms with Gasteiger partial charge in [-0.3, -0.25) is 14.9 Å². The minimum Gasteiger partial charge on any atom is -0.379 e. The van der Waals surface area contributed by atoms with Crippen molar-refractivity contribution in [3.63, 3.8) is 0 Å². The van der Waals surface area contributed by atoms with Gasteiger partial charge in [-0.25, -0.2) is 9.98 Å². The number of halogens is 3. The van der Waals surface area contributed by atoms with Gasteiger partial charge in [0.25, 0.3) is 0 Å². The first-order valence-electron chi connectivity index (χ1n) is 9.86. The number of aliphatic hydroxyl groups excluding tert-OH is 1. The Morgan fingerprint density at radius 1 is 1.16 bits per heavy atom. The number of piperazine rings is 1. The average Bonchev–Trinajstić information content (AvgIpc) is 2.77. The molecule has 1 aliphatic heterocycles. The summed E-state index contributed by atoms with van der Waals surface area (Å²) in [6.07, 6.45) is -2.95. The number of guanidine groups is 1. The molecular weight excluding hydrogens is 409 g/mol. The smallest absolute Gasteiger partial charge is 0.379 e. The molecular formula is C21H25F3N6O. The van der Waals surface area contributed by atoms with Gasteiger partial charge in [0.2, 0.25) is 5.96 Å². The van der Waals surface area contributed by atoms with Crippen molar-refractivity contribution >= 4 is 23.7 Å². The number of fused-ring (bicyclic) bond motifs is 1. The number of rotatable bonds is 4. The van der Waals surface area contributed by atoms with E-state index in [9.17, 15) is 18.3 Å². The van der Waals surface area contributed by atoms with E-state index in [0.29, 0.717) is 13.1 Å². The van der Waals surface area contributed by atoms with Crippen molar-refractivity contribution in [2.75, 3.05) is 26.2 Å². The van der Waals surface area contributed by atoms with Crippen LogP contribution in [-0.4, -0.2) is 76.0 Å². The molecule has 0 radical (unpaired) electrons. The molecule has 1 aromatic heterocycles. The number of nitrogens with zero attached hydrogens (tertiary/aromatic N) is 6. The summed E-state index contributed by atoms with van der Waals surface area (Å²) in [7, 11) is 0. The number of aromatic nitrogens is 2. The fourth-order valence-electron chi connectivity index (χ4n) is 3.47. The van der Waals surface area contributed by atoms with Crippen molar-refractivity contribution in [1.82, 2.24) is 19.8 Å². The fraction of sp³-hybridized carbons (Fsp3) is 0.429. The Labute approximate surface area is 178 Å². The van der Waals surface area contributed by atoms with Gasteiger partial charge in [0.05, 0.1) is 11.0 Å². The second-order valence-corrected chi connectivity index (χ2v) is 7.41. The first-order valence-corrected chi connectivity index (χ1v) is 9.86. The summed E-state index contributed by atoms with van der Waals surface area (Å²) in [5, 5.41) is 9.28. The summed E-state index contributed by atoms with van der Waals surface area (Å²) in [4.78, 5) is 20.7. The molecule has 2 unspecified atom stereocenters. The number of alkyl halides is 3. The Balaban J connectivity index is 1.64. The Morgan fingerprint density at radius 3 is 2.42 bits per heavy atom. The van der Waals surface area contributed by atoms with Crippen LogP contribution < -0.4 is 0 Å². The normalized spacial score (nSPS) is 18.8. The number of benzene rings is 1. The second-order valence-electron chi connectivity index (χ2n) is 7.41. The standard InChI is InChI=1S/C21H25F3N6O/c1-14(19(31)21(22,23)24)13-28-20(25-3)30-10-8-29(9-11-30)15(2)16-4-5-17-18(12-16)27-7-6-26-17/h4-7,12-13,15,19,31H,3,8-11H2,1-2H3/b14-13+,28-20+. The first-order chi connectivity index (χ1) is 14.7. The van der Waals surface area contributed by atoms with Crippen LogP contribution in [0.3, 0.4) is 0 Å². The van der Waals surface area contributed by atoms with Gasteiger partial charge in [0, 0.05) is 50.8 Å². The minimum atomic E-state index is -4.73. The first kappa shape index (κ1) is 22.8. The lowest BCUT2D eigenvalue weighted by Gasteiger charge is -2.38. The predicted octanol–water partition coefficient (Wildman–Crippen LogP) is 3.19. The summed E-state index contributed by atoms with van der Waals surface area (Å²) in [6, 6.07) is 6.21. The van der Waals surface area contributed by atoms with E-state index < -0.39 is 12.3 Å². The third kappa shape index (κ3) is 5.45. The maximum atomic E-state index is 12.6. The van der Waals surface area contributed by atoms with Gasteiger partial charge in [-0.1, -0.05) is 6.07 Å². The quantitative estimate of drug-likeness (QED) is 0.591. The van der Waals surface area contributed by atoms with Crippen LogP contribution in [-0.2, 0) is 0 Å². The molecule has 1 N–H and O–H groups in total. The third-order valence-electron chi connectivity index (χ3n) is 5.39. The van der Waals surface area contributed by atoms with Crippen molar-refractivity contribution in [2.24, 2.45) is 9.98 Å². The van der Waals surface area contributed by atoms with Crippen LogP contribution in [0.5, 0.6) is 0 Å². The Kier molecular flexibility index (Phi) is 7.01. The van der Waals surface area contributed by atoms with Crippen molar-refractivity contribution in [2.45, 2.75) is 32.2 Å². The lowest BCUT2D eigenvalue weighted by atomic mass is 10.1. The van der Waals surface area contributed by atoms with E-state index in [-0.39, 0.29) is 17.6 Å². The molecule has 1 aliphatic rings. The number of hydrogen-bond acceptors (Lipinski definition) is 5. The zero-order chi connectivity index (χ0) is 22.6. The Hall–Kier alpha value is -2.85. The van der Waals surface area contributed by atoms with Gasteiger partial charge in [0.1, 0.15) is 0 Å². The van der Waals surface area contributed by atoms with Gasteiger partial charge in [-0.05, 0) is 43.8 Å². The SMILES string of the molecule is C=N/C(=N\C=C(/C)C(O)C(F)(F)F)N1CCN(C(C)c2ccc3nccnc3c2)CC1. The maximum absolute atomic E-state index is 12.6. The summed E-state index contributed by atoms with van der Waals surface area (Å²) in [6.45, 7) is 9.43. The number of hydrogen-bond donors (Lipinski definition) is 1. The van der Waals surface area contributed by atoms with Crippen molar-refractivity contribution in [3.8, 4) is 0 Å². The van der Waals surface area contributed by atoms with Crippen LogP contribution >= 0.6 is 0 Å². The highest BCUT2D eigenvalue weighted by atomic mass is 19.4. The van der Waals surface area contributed by atoms with E-state index in [0.717, 1.165) is 35.9 Å². The minimum absolute atomic E-state index is 0.162. The molecule has 0 bridgehead atoms. The monoisotopic (exact) mass is 434 g/mol. The van der Waals surface area contributed by atoms with Gasteiger partial charge in [-0.2, -0.15) is 13.2 Å². The number of aliphatic hydroxyl groups is 1. The largest absolute Gasteiger partial charge is 0.418 e. The van der Waals surface area contributed by atoms with Crippen molar-refractivity contribution in [3.05, 3.63) is 47.9 Å². The Morgan fingerprint density at radius 2 is 1.81 bits per heavy atom. The maximum Gasteiger partial charge on any atom is 0.418 e. The summed E-state index contributed by atoms with van der Waals surface area (Å²) >= 11 is 0. The van der Waals surface area contributed by atoms with Crippen LogP contribution in [0.25, 0.3) is 11.0 Å². The van der Waals surface area contributed by atoms with Gasteiger partial charge in [0.15, 0.2) is 6.10 Å². The zero-order valence-corrected chi connectivity index (χ0v) is 17.4. The summed E-state index contributed by atoms with van der Waals surface area (Å²) < 4.78 is 37.8. The number of aliphatic imine (C=N–C) groups is 2. The predicted molar refractivity (Wildman–Crippen MR) is 114 cm³/mol. The van der Waals surface area contributed by atoms with E-state index in [2.05, 4.69) is 38.5 Å². The highest BCUT2D eigenvalue weighted by Gasteiger charge is 2.39. The van der Waals surface area contributed by atoms with Crippen LogP contribution in [0.15, 0.2) is 52.4 Å². The van der Waals surface area contributed by atoms with Crippen molar-refractivity contribution in [1.29, 1.82) is 0 Å². The zero-order valence-electron chi connectivity index (χ0n) is 17.4. The molecule has 0 saturated carbocycles. The van der Waals surface area contributed by atoms with Crippen LogP contribution in [0, 0.1) is 0 Å². The van der Waals surface area contributed by atoms with E-state index in [4.69, 9.17) is 0 Å². The second kappa shape index (κ2) is 9.52. The molecule has 1 saturated heterocycles. The molecule has 166 valence electrons. The highest BCUT2D eigenvalue weighted by molar-refractivity contribution is 5.84. The highest BCUT2D eigenvalue weighted by Crippen LogP contribution is 2.26. The topological polar surface area (TPSA) is 77.2 Å². The molecule has 0 spiro atoms. The lowest BCUT2D eigenvalue weighted by molar-refractivity contribution is -0.191. The van der Waals surface area contributed by atoms with E-state index in [1.54, 1.807) is 12.4 Å². The lowest BCUT2D eigenvalue weighted by Crippen LogP contribution is -2.48. The van der Waals surface area contributed by atoms with E-state index in [1.165, 1.54) is 6.92 Å². The summed E-state index contributed by atoms with van der Waals surface area (Å²) in [5.41, 5.74) is 2.52. The molecule has 1 aromatic carbocycles. The fourth-order valence-corrected chi connectivity index (χ4v) is 3.47. The molecule has 2 heterocycles. The van der Waals surface area contributed by atoms with Crippen LogP contribution in [0.2, 0.25) is 0 Å². The molecule has 3 rings (SSSR count). The average molecular weight is 434 g/mol. The molecule has 10 heteroatoms.